The number of para-hydroxylation sites is 1. The average molecular weight is 287 g/mol. The molecule has 0 aromatic heterocycles. The number of carbonyl (C=O) groups is 2. The normalized spacial score (nSPS) is 14.1. The quantitative estimate of drug-likeness (QED) is 0.893. The Morgan fingerprint density at radius 1 is 1.22 bits per heavy atom. The smallest absolute Gasteiger partial charge is 0.243 e. The molecule has 2 rings (SSSR count). The van der Waals surface area contributed by atoms with Crippen LogP contribution in [0.15, 0.2) is 18.2 Å². The molecule has 0 saturated heterocycles. The summed E-state index contributed by atoms with van der Waals surface area (Å²) >= 11 is 11.8. The molecule has 1 aliphatic carbocycles. The Morgan fingerprint density at radius 2 is 1.83 bits per heavy atom. The first-order valence-corrected chi connectivity index (χ1v) is 6.35. The molecule has 0 heterocycles. The fraction of sp³-hybridized carbons (Fsp3) is 0.333. The second-order valence-electron chi connectivity index (χ2n) is 4.14. The van der Waals surface area contributed by atoms with Gasteiger partial charge in [-0.15, -0.1) is 0 Å². The van der Waals surface area contributed by atoms with Gasteiger partial charge in [-0.2, -0.15) is 0 Å². The van der Waals surface area contributed by atoms with Crippen molar-refractivity contribution in [2.45, 2.75) is 12.8 Å². The molecule has 96 valence electrons. The van der Waals surface area contributed by atoms with Crippen molar-refractivity contribution in [3.63, 3.8) is 0 Å². The van der Waals surface area contributed by atoms with E-state index in [0.717, 1.165) is 12.8 Å². The number of hydrogen-bond donors (Lipinski definition) is 2. The monoisotopic (exact) mass is 286 g/mol. The van der Waals surface area contributed by atoms with Crippen molar-refractivity contribution >= 4 is 40.7 Å². The molecule has 0 aliphatic heterocycles. The summed E-state index contributed by atoms with van der Waals surface area (Å²) in [6.07, 6.45) is 1.81. The summed E-state index contributed by atoms with van der Waals surface area (Å²) < 4.78 is 0. The summed E-state index contributed by atoms with van der Waals surface area (Å²) in [4.78, 5) is 23.0. The number of hydrogen-bond acceptors (Lipinski definition) is 2. The summed E-state index contributed by atoms with van der Waals surface area (Å²) in [5.74, 6) is -0.337. The highest BCUT2D eigenvalue weighted by atomic mass is 35.5. The molecule has 0 spiro atoms. The molecule has 0 unspecified atom stereocenters. The van der Waals surface area contributed by atoms with Gasteiger partial charge in [0, 0.05) is 5.92 Å². The Labute approximate surface area is 115 Å². The SMILES string of the molecule is O=C(CNC(=O)C1CC1)Nc1c(Cl)cccc1Cl. The van der Waals surface area contributed by atoms with Gasteiger partial charge in [0.15, 0.2) is 0 Å². The standard InChI is InChI=1S/C12H12Cl2N2O2/c13-8-2-1-3-9(14)11(8)16-10(17)6-15-12(18)7-4-5-7/h1-3,7H,4-6H2,(H,15,18)(H,16,17). The van der Waals surface area contributed by atoms with Gasteiger partial charge in [0.2, 0.25) is 11.8 Å². The highest BCUT2D eigenvalue weighted by molar-refractivity contribution is 6.39. The number of amides is 2. The predicted molar refractivity (Wildman–Crippen MR) is 70.8 cm³/mol. The van der Waals surface area contributed by atoms with E-state index < -0.39 is 0 Å². The van der Waals surface area contributed by atoms with Crippen molar-refractivity contribution in [3.05, 3.63) is 28.2 Å². The molecule has 0 bridgehead atoms. The second kappa shape index (κ2) is 5.59. The number of halogens is 2. The van der Waals surface area contributed by atoms with Crippen LogP contribution in [0.25, 0.3) is 0 Å². The zero-order valence-electron chi connectivity index (χ0n) is 9.50. The molecule has 2 amide bonds. The topological polar surface area (TPSA) is 58.2 Å². The van der Waals surface area contributed by atoms with Crippen LogP contribution < -0.4 is 10.6 Å². The maximum atomic E-state index is 11.6. The van der Waals surface area contributed by atoms with Crippen molar-refractivity contribution in [3.8, 4) is 0 Å². The lowest BCUT2D eigenvalue weighted by Crippen LogP contribution is -2.33. The van der Waals surface area contributed by atoms with Crippen molar-refractivity contribution in [1.82, 2.24) is 5.32 Å². The van der Waals surface area contributed by atoms with Crippen LogP contribution in [0, 0.1) is 5.92 Å². The number of rotatable bonds is 4. The van der Waals surface area contributed by atoms with Crippen LogP contribution in [0.2, 0.25) is 10.0 Å². The minimum atomic E-state index is -0.348. The molecular weight excluding hydrogens is 275 g/mol. The first-order chi connectivity index (χ1) is 8.58. The van der Waals surface area contributed by atoms with Crippen molar-refractivity contribution < 1.29 is 9.59 Å². The Hall–Kier alpha value is -1.26. The third-order valence-electron chi connectivity index (χ3n) is 2.60. The minimum Gasteiger partial charge on any atom is -0.347 e. The largest absolute Gasteiger partial charge is 0.347 e. The summed E-state index contributed by atoms with van der Waals surface area (Å²) in [6, 6.07) is 4.95. The van der Waals surface area contributed by atoms with Crippen LogP contribution in [0.3, 0.4) is 0 Å². The number of nitrogens with one attached hydrogen (secondary N) is 2. The molecule has 1 saturated carbocycles. The summed E-state index contributed by atoms with van der Waals surface area (Å²) in [5.41, 5.74) is 0.367. The van der Waals surface area contributed by atoms with Gasteiger partial charge in [-0.25, -0.2) is 0 Å². The fourth-order valence-electron chi connectivity index (χ4n) is 1.46. The molecule has 0 radical (unpaired) electrons. The molecule has 1 aromatic rings. The summed E-state index contributed by atoms with van der Waals surface area (Å²) in [7, 11) is 0. The van der Waals surface area contributed by atoms with E-state index >= 15 is 0 Å². The second-order valence-corrected chi connectivity index (χ2v) is 4.95. The van der Waals surface area contributed by atoms with Gasteiger partial charge in [0.05, 0.1) is 22.3 Å². The molecule has 2 N–H and O–H groups in total. The predicted octanol–water partition coefficient (Wildman–Crippen LogP) is 2.46. The van der Waals surface area contributed by atoms with Crippen LogP contribution in [0.1, 0.15) is 12.8 Å². The lowest BCUT2D eigenvalue weighted by atomic mass is 10.3. The van der Waals surface area contributed by atoms with Gasteiger partial charge >= 0.3 is 0 Å². The van der Waals surface area contributed by atoms with Crippen LogP contribution >= 0.6 is 23.2 Å². The Kier molecular flexibility index (Phi) is 4.09. The molecule has 4 nitrogen and oxygen atoms in total. The molecule has 6 heteroatoms. The summed E-state index contributed by atoms with van der Waals surface area (Å²) in [6.45, 7) is -0.0725. The zero-order chi connectivity index (χ0) is 13.1. The lowest BCUT2D eigenvalue weighted by Gasteiger charge is -2.09. The molecular formula is C12H12Cl2N2O2. The van der Waals surface area contributed by atoms with E-state index in [1.165, 1.54) is 0 Å². The lowest BCUT2D eigenvalue weighted by molar-refractivity contribution is -0.125. The first kappa shape index (κ1) is 13.2. The van der Waals surface area contributed by atoms with E-state index in [4.69, 9.17) is 23.2 Å². The van der Waals surface area contributed by atoms with Gasteiger partial charge in [-0.3, -0.25) is 9.59 Å². The molecule has 18 heavy (non-hydrogen) atoms. The Morgan fingerprint density at radius 3 is 2.39 bits per heavy atom. The van der Waals surface area contributed by atoms with Crippen LogP contribution in [0.5, 0.6) is 0 Å². The highest BCUT2D eigenvalue weighted by Gasteiger charge is 2.29. The van der Waals surface area contributed by atoms with E-state index in [-0.39, 0.29) is 24.3 Å². The molecule has 0 atom stereocenters. The van der Waals surface area contributed by atoms with Gasteiger partial charge in [-0.05, 0) is 25.0 Å². The van der Waals surface area contributed by atoms with Crippen LogP contribution in [-0.2, 0) is 9.59 Å². The zero-order valence-corrected chi connectivity index (χ0v) is 11.0. The number of anilines is 1. The number of carbonyl (C=O) groups excluding carboxylic acids is 2. The van der Waals surface area contributed by atoms with Crippen LogP contribution in [0.4, 0.5) is 5.69 Å². The van der Waals surface area contributed by atoms with E-state index in [1.54, 1.807) is 18.2 Å². The third kappa shape index (κ3) is 3.37. The van der Waals surface area contributed by atoms with Gasteiger partial charge in [-0.1, -0.05) is 29.3 Å². The van der Waals surface area contributed by atoms with Crippen molar-refractivity contribution in [2.75, 3.05) is 11.9 Å². The third-order valence-corrected chi connectivity index (χ3v) is 3.23. The van der Waals surface area contributed by atoms with Gasteiger partial charge in [0.1, 0.15) is 0 Å². The molecule has 1 aliphatic rings. The van der Waals surface area contributed by atoms with E-state index in [0.29, 0.717) is 15.7 Å². The fourth-order valence-corrected chi connectivity index (χ4v) is 1.95. The molecule has 1 fully saturated rings. The van der Waals surface area contributed by atoms with E-state index in [2.05, 4.69) is 10.6 Å². The van der Waals surface area contributed by atoms with E-state index in [9.17, 15) is 9.59 Å². The van der Waals surface area contributed by atoms with E-state index in [1.807, 2.05) is 0 Å². The Balaban J connectivity index is 1.88. The van der Waals surface area contributed by atoms with Gasteiger partial charge in [0.25, 0.3) is 0 Å². The van der Waals surface area contributed by atoms with Gasteiger partial charge < -0.3 is 10.6 Å². The summed E-state index contributed by atoms with van der Waals surface area (Å²) in [5, 5.41) is 5.87. The van der Waals surface area contributed by atoms with Crippen LogP contribution in [-0.4, -0.2) is 18.4 Å². The highest BCUT2D eigenvalue weighted by Crippen LogP contribution is 2.30. The Bertz CT molecular complexity index is 467. The van der Waals surface area contributed by atoms with Crippen molar-refractivity contribution in [1.29, 1.82) is 0 Å². The van der Waals surface area contributed by atoms with Crippen molar-refractivity contribution in [2.24, 2.45) is 5.92 Å². The maximum Gasteiger partial charge on any atom is 0.243 e. The molecule has 1 aromatic carbocycles. The average Bonchev–Trinajstić information content (AvgIpc) is 3.15. The number of benzene rings is 1. The first-order valence-electron chi connectivity index (χ1n) is 5.59. The maximum absolute atomic E-state index is 11.6. The minimum absolute atomic E-state index is 0.0725.